The number of ether oxygens (including phenoxy) is 1. The maximum Gasteiger partial charge on any atom is 0.292 e. The summed E-state index contributed by atoms with van der Waals surface area (Å²) in [5, 5.41) is 3.62. The van der Waals surface area contributed by atoms with Crippen molar-refractivity contribution in [2.24, 2.45) is 5.41 Å². The first-order valence-electron chi connectivity index (χ1n) is 8.15. The Morgan fingerprint density at radius 1 is 1.44 bits per heavy atom. The van der Waals surface area contributed by atoms with E-state index in [0.29, 0.717) is 31.8 Å². The molecule has 0 radical (unpaired) electrons. The number of halogens is 2. The molecular formula is C16H21F2N3O4. The van der Waals surface area contributed by atoms with Crippen molar-refractivity contribution in [2.45, 2.75) is 25.7 Å². The van der Waals surface area contributed by atoms with Crippen molar-refractivity contribution in [3.63, 3.8) is 0 Å². The third kappa shape index (κ3) is 3.37. The summed E-state index contributed by atoms with van der Waals surface area (Å²) in [4.78, 5) is 27.8. The quantitative estimate of drug-likeness (QED) is 0.813. The average Bonchev–Trinajstić information content (AvgIpc) is 3.09. The Bertz CT molecular complexity index is 678. The van der Waals surface area contributed by atoms with Crippen LogP contribution in [0, 0.1) is 12.3 Å². The second-order valence-corrected chi connectivity index (χ2v) is 6.84. The lowest BCUT2D eigenvalue weighted by Crippen LogP contribution is -2.57. The Labute approximate surface area is 143 Å². The molecule has 1 spiro atoms. The van der Waals surface area contributed by atoms with Gasteiger partial charge in [0.15, 0.2) is 0 Å². The smallest absolute Gasteiger partial charge is 0.292 e. The second-order valence-electron chi connectivity index (χ2n) is 6.84. The van der Waals surface area contributed by atoms with E-state index in [2.05, 4.69) is 5.16 Å². The lowest BCUT2D eigenvalue weighted by atomic mass is 9.77. The summed E-state index contributed by atoms with van der Waals surface area (Å²) in [5.41, 5.74) is -0.759. The minimum absolute atomic E-state index is 0.0382. The van der Waals surface area contributed by atoms with Crippen molar-refractivity contribution in [1.82, 2.24) is 15.0 Å². The summed E-state index contributed by atoms with van der Waals surface area (Å²) in [6.07, 6.45) is -0.244. The van der Waals surface area contributed by atoms with Crippen molar-refractivity contribution in [3.05, 3.63) is 17.5 Å². The molecule has 2 saturated heterocycles. The Morgan fingerprint density at radius 2 is 2.20 bits per heavy atom. The number of likely N-dealkylation sites (tertiary alicyclic amines) is 2. The molecule has 2 fully saturated rings. The van der Waals surface area contributed by atoms with Crippen LogP contribution < -0.4 is 0 Å². The van der Waals surface area contributed by atoms with Gasteiger partial charge in [0.1, 0.15) is 0 Å². The standard InChI is InChI=1S/C16H21F2N3O4/c1-11-7-12(25-19-11)13(22)21-9-15(8-16(17,18)10-21)3-4-20(14(15)23)5-6-24-2/h7H,3-6,8-10H2,1-2H3. The number of aryl methyl sites for hydroxylation is 1. The molecule has 3 heterocycles. The molecule has 2 aliphatic heterocycles. The fourth-order valence-electron chi connectivity index (χ4n) is 3.69. The fraction of sp³-hybridized carbons (Fsp3) is 0.688. The van der Waals surface area contributed by atoms with Crippen LogP contribution in [0.5, 0.6) is 0 Å². The van der Waals surface area contributed by atoms with E-state index in [4.69, 9.17) is 9.26 Å². The molecule has 2 amide bonds. The van der Waals surface area contributed by atoms with Gasteiger partial charge in [-0.25, -0.2) is 8.78 Å². The van der Waals surface area contributed by atoms with Gasteiger partial charge in [0, 0.05) is 39.2 Å². The molecule has 1 aromatic rings. The predicted molar refractivity (Wildman–Crippen MR) is 82.2 cm³/mol. The van der Waals surface area contributed by atoms with E-state index in [1.165, 1.54) is 18.1 Å². The van der Waals surface area contributed by atoms with Gasteiger partial charge in [-0.15, -0.1) is 0 Å². The van der Waals surface area contributed by atoms with Gasteiger partial charge in [-0.2, -0.15) is 0 Å². The number of alkyl halides is 2. The summed E-state index contributed by atoms with van der Waals surface area (Å²) < 4.78 is 38.6. The number of amides is 2. The number of nitrogens with zero attached hydrogens (tertiary/aromatic N) is 3. The van der Waals surface area contributed by atoms with Crippen LogP contribution in [0.25, 0.3) is 0 Å². The van der Waals surface area contributed by atoms with Gasteiger partial charge in [0.2, 0.25) is 11.7 Å². The maximum atomic E-state index is 14.3. The Hall–Kier alpha value is -2.03. The number of hydrogen-bond donors (Lipinski definition) is 0. The number of hydrogen-bond acceptors (Lipinski definition) is 5. The van der Waals surface area contributed by atoms with E-state index in [0.717, 1.165) is 4.90 Å². The van der Waals surface area contributed by atoms with E-state index in [9.17, 15) is 18.4 Å². The molecule has 0 bridgehead atoms. The Kier molecular flexibility index (Phi) is 4.52. The molecule has 138 valence electrons. The number of piperidine rings is 1. The molecule has 3 rings (SSSR count). The van der Waals surface area contributed by atoms with E-state index < -0.39 is 30.2 Å². The highest BCUT2D eigenvalue weighted by molar-refractivity contribution is 5.93. The Morgan fingerprint density at radius 3 is 2.84 bits per heavy atom. The first kappa shape index (κ1) is 17.8. The van der Waals surface area contributed by atoms with Gasteiger partial charge >= 0.3 is 0 Å². The van der Waals surface area contributed by atoms with Crippen molar-refractivity contribution in [2.75, 3.05) is 39.9 Å². The maximum absolute atomic E-state index is 14.3. The number of rotatable bonds is 4. The first-order chi connectivity index (χ1) is 11.8. The predicted octanol–water partition coefficient (Wildman–Crippen LogP) is 1.33. The summed E-state index contributed by atoms with van der Waals surface area (Å²) in [6.45, 7) is 1.97. The lowest BCUT2D eigenvalue weighted by molar-refractivity contribution is -0.151. The van der Waals surface area contributed by atoms with Crippen LogP contribution >= 0.6 is 0 Å². The van der Waals surface area contributed by atoms with Gasteiger partial charge in [0.05, 0.1) is 24.3 Å². The zero-order chi connectivity index (χ0) is 18.2. The molecule has 25 heavy (non-hydrogen) atoms. The van der Waals surface area contributed by atoms with Gasteiger partial charge < -0.3 is 19.1 Å². The number of aromatic nitrogens is 1. The van der Waals surface area contributed by atoms with Crippen LogP contribution in [-0.2, 0) is 9.53 Å². The average molecular weight is 357 g/mol. The Balaban J connectivity index is 1.82. The van der Waals surface area contributed by atoms with Gasteiger partial charge in [-0.1, -0.05) is 5.16 Å². The molecule has 7 nitrogen and oxygen atoms in total. The number of methoxy groups -OCH3 is 1. The molecule has 1 aromatic heterocycles. The summed E-state index contributed by atoms with van der Waals surface area (Å²) in [6, 6.07) is 1.41. The molecule has 0 N–H and O–H groups in total. The molecular weight excluding hydrogens is 336 g/mol. The third-order valence-electron chi connectivity index (χ3n) is 4.81. The van der Waals surface area contributed by atoms with Gasteiger partial charge in [-0.05, 0) is 13.3 Å². The normalized spacial score (nSPS) is 25.8. The lowest BCUT2D eigenvalue weighted by Gasteiger charge is -2.42. The monoisotopic (exact) mass is 357 g/mol. The van der Waals surface area contributed by atoms with Gasteiger partial charge in [-0.3, -0.25) is 9.59 Å². The first-order valence-corrected chi connectivity index (χ1v) is 8.15. The highest BCUT2D eigenvalue weighted by Gasteiger charge is 2.57. The molecule has 0 saturated carbocycles. The molecule has 0 aromatic carbocycles. The van der Waals surface area contributed by atoms with Crippen LogP contribution in [0.15, 0.2) is 10.6 Å². The van der Waals surface area contributed by atoms with Crippen LogP contribution in [0.2, 0.25) is 0 Å². The fourth-order valence-corrected chi connectivity index (χ4v) is 3.69. The highest BCUT2D eigenvalue weighted by Crippen LogP contribution is 2.45. The van der Waals surface area contributed by atoms with Crippen LogP contribution in [-0.4, -0.2) is 72.6 Å². The van der Waals surface area contributed by atoms with Crippen molar-refractivity contribution < 1.29 is 27.6 Å². The largest absolute Gasteiger partial charge is 0.383 e. The molecule has 9 heteroatoms. The molecule has 0 aliphatic carbocycles. The van der Waals surface area contributed by atoms with Crippen molar-refractivity contribution in [3.8, 4) is 0 Å². The van der Waals surface area contributed by atoms with E-state index in [-0.39, 0.29) is 18.2 Å². The van der Waals surface area contributed by atoms with Gasteiger partial charge in [0.25, 0.3) is 11.8 Å². The second kappa shape index (κ2) is 6.36. The minimum Gasteiger partial charge on any atom is -0.383 e. The minimum atomic E-state index is -3.13. The highest BCUT2D eigenvalue weighted by atomic mass is 19.3. The topological polar surface area (TPSA) is 75.9 Å². The number of carbonyl (C=O) groups is 2. The van der Waals surface area contributed by atoms with Crippen LogP contribution in [0.1, 0.15) is 29.1 Å². The van der Waals surface area contributed by atoms with E-state index in [1.807, 2.05) is 0 Å². The van der Waals surface area contributed by atoms with Crippen LogP contribution in [0.3, 0.4) is 0 Å². The summed E-state index contributed by atoms with van der Waals surface area (Å²) in [5.74, 6) is -4.22. The molecule has 1 unspecified atom stereocenters. The number of carbonyl (C=O) groups excluding carboxylic acids is 2. The SMILES string of the molecule is COCCN1CCC2(CN(C(=O)c3cc(C)no3)CC(F)(F)C2)C1=O. The third-order valence-corrected chi connectivity index (χ3v) is 4.81. The molecule has 2 aliphatic rings. The van der Waals surface area contributed by atoms with Crippen LogP contribution in [0.4, 0.5) is 8.78 Å². The van der Waals surface area contributed by atoms with Crippen molar-refractivity contribution >= 4 is 11.8 Å². The van der Waals surface area contributed by atoms with E-state index >= 15 is 0 Å². The molecule has 1 atom stereocenters. The summed E-state index contributed by atoms with van der Waals surface area (Å²) in [7, 11) is 1.52. The van der Waals surface area contributed by atoms with E-state index in [1.54, 1.807) is 6.92 Å². The van der Waals surface area contributed by atoms with Crippen molar-refractivity contribution in [1.29, 1.82) is 0 Å². The zero-order valence-electron chi connectivity index (χ0n) is 14.3. The zero-order valence-corrected chi connectivity index (χ0v) is 14.3. The summed E-state index contributed by atoms with van der Waals surface area (Å²) >= 11 is 0.